The van der Waals surface area contributed by atoms with E-state index in [-0.39, 0.29) is 40.8 Å². The number of hydrogen-bond acceptors (Lipinski definition) is 6. The number of anilines is 1. The van der Waals surface area contributed by atoms with Crippen LogP contribution in [0.5, 0.6) is 0 Å². The smallest absolute Gasteiger partial charge is 0.274 e. The fourth-order valence-electron chi connectivity index (χ4n) is 3.44. The van der Waals surface area contributed by atoms with Gasteiger partial charge < -0.3 is 10.4 Å². The van der Waals surface area contributed by atoms with E-state index in [1.54, 1.807) is 48.5 Å². The molecule has 2 aromatic carbocycles. The lowest BCUT2D eigenvalue weighted by atomic mass is 10.1. The summed E-state index contributed by atoms with van der Waals surface area (Å²) in [6, 6.07) is 17.1. The van der Waals surface area contributed by atoms with E-state index in [0.29, 0.717) is 29.3 Å². The fourth-order valence-corrected chi connectivity index (χ4v) is 3.66. The van der Waals surface area contributed by atoms with Crippen molar-refractivity contribution >= 4 is 28.2 Å². The first-order valence-corrected chi connectivity index (χ1v) is 10.6. The highest BCUT2D eigenvalue weighted by molar-refractivity contribution is 6.33. The summed E-state index contributed by atoms with van der Waals surface area (Å²) in [7, 11) is 0. The third kappa shape index (κ3) is 4.70. The van der Waals surface area contributed by atoms with Gasteiger partial charge in [0.15, 0.2) is 0 Å². The Bertz CT molecular complexity index is 1410. The lowest BCUT2D eigenvalue weighted by Gasteiger charge is -2.13. The average molecular weight is 464 g/mol. The van der Waals surface area contributed by atoms with Crippen LogP contribution in [-0.4, -0.2) is 33.0 Å². The minimum Gasteiger partial charge on any atom is -0.396 e. The molecule has 4 aromatic rings. The van der Waals surface area contributed by atoms with Crippen molar-refractivity contribution < 1.29 is 9.50 Å². The molecule has 2 heterocycles. The molecule has 2 N–H and O–H groups in total. The van der Waals surface area contributed by atoms with Gasteiger partial charge in [-0.2, -0.15) is 14.8 Å². The zero-order chi connectivity index (χ0) is 23.4. The second kappa shape index (κ2) is 9.77. The largest absolute Gasteiger partial charge is 0.396 e. The van der Waals surface area contributed by atoms with Crippen molar-refractivity contribution in [2.75, 3.05) is 18.5 Å². The van der Waals surface area contributed by atoms with Gasteiger partial charge in [-0.15, -0.1) is 0 Å². The maximum absolute atomic E-state index is 15.1. The highest BCUT2D eigenvalue weighted by atomic mass is 35.5. The predicted octanol–water partition coefficient (Wildman–Crippen LogP) is 3.97. The van der Waals surface area contributed by atoms with Gasteiger partial charge in [0.25, 0.3) is 5.56 Å². The van der Waals surface area contributed by atoms with Crippen LogP contribution in [0.25, 0.3) is 22.0 Å². The Kier molecular flexibility index (Phi) is 6.63. The van der Waals surface area contributed by atoms with Crippen molar-refractivity contribution in [2.24, 2.45) is 0 Å². The quantitative estimate of drug-likeness (QED) is 0.317. The number of aliphatic hydroxyl groups is 1. The van der Waals surface area contributed by atoms with Gasteiger partial charge in [-0.3, -0.25) is 4.79 Å². The molecule has 0 spiro atoms. The Balaban J connectivity index is 1.82. The first-order chi connectivity index (χ1) is 16.0. The van der Waals surface area contributed by atoms with Crippen LogP contribution < -0.4 is 10.9 Å². The number of pyridine rings is 1. The molecule has 0 atom stereocenters. The molecule has 2 aromatic heterocycles. The van der Waals surface area contributed by atoms with Crippen molar-refractivity contribution in [3.05, 3.63) is 87.0 Å². The van der Waals surface area contributed by atoms with Crippen LogP contribution in [0.2, 0.25) is 5.02 Å². The van der Waals surface area contributed by atoms with E-state index in [2.05, 4.69) is 21.5 Å². The lowest BCUT2D eigenvalue weighted by Crippen LogP contribution is -2.24. The first kappa shape index (κ1) is 22.4. The molecular formula is C24H19ClFN5O2. The molecule has 0 amide bonds. The number of aromatic nitrogens is 3. The number of benzene rings is 2. The summed E-state index contributed by atoms with van der Waals surface area (Å²) in [5, 5.41) is 26.3. The minimum atomic E-state index is -0.785. The molecule has 0 fully saturated rings. The number of nitriles is 1. The predicted molar refractivity (Wildman–Crippen MR) is 125 cm³/mol. The normalized spacial score (nSPS) is 10.8. The summed E-state index contributed by atoms with van der Waals surface area (Å²) >= 11 is 6.33. The lowest BCUT2D eigenvalue weighted by molar-refractivity contribution is 0.292. The van der Waals surface area contributed by atoms with Gasteiger partial charge in [-0.1, -0.05) is 41.9 Å². The van der Waals surface area contributed by atoms with Crippen molar-refractivity contribution in [1.29, 1.82) is 5.26 Å². The molecule has 166 valence electrons. The van der Waals surface area contributed by atoms with Crippen molar-refractivity contribution in [3.63, 3.8) is 0 Å². The summed E-state index contributed by atoms with van der Waals surface area (Å²) in [5.74, 6) is -0.617. The number of rotatable bonds is 7. The Morgan fingerprint density at radius 1 is 1.15 bits per heavy atom. The van der Waals surface area contributed by atoms with Crippen LogP contribution in [0, 0.1) is 17.3 Å². The number of fused-ring (bicyclic) bond motifs is 1. The van der Waals surface area contributed by atoms with Gasteiger partial charge in [0, 0.05) is 18.5 Å². The Labute approximate surface area is 193 Å². The standard InChI is InChI=1S/C24H19ClFN5O2/c25-20-12-19(22(26)29-23(20)28-10-3-11-32)21-17-4-1-2-5-18(17)24(33)31(30-21)14-16-8-6-15(13-27)7-9-16/h1-2,4-9,12,32H,3,10-11,14H2,(H,28,29). The van der Waals surface area contributed by atoms with Crippen molar-refractivity contribution in [3.8, 4) is 17.3 Å². The molecule has 0 saturated heterocycles. The van der Waals surface area contributed by atoms with E-state index in [9.17, 15) is 4.79 Å². The van der Waals surface area contributed by atoms with Gasteiger partial charge in [0.1, 0.15) is 11.5 Å². The minimum absolute atomic E-state index is 0.0120. The molecule has 0 aliphatic rings. The SMILES string of the molecule is N#Cc1ccc(Cn2nc(-c3cc(Cl)c(NCCCO)nc3F)c3ccccc3c2=O)cc1. The number of nitrogens with zero attached hydrogens (tertiary/aromatic N) is 4. The van der Waals surface area contributed by atoms with Crippen LogP contribution in [0.4, 0.5) is 10.2 Å². The van der Waals surface area contributed by atoms with E-state index in [1.165, 1.54) is 10.7 Å². The summed E-state index contributed by atoms with van der Waals surface area (Å²) in [4.78, 5) is 17.0. The van der Waals surface area contributed by atoms with Gasteiger partial charge in [0.2, 0.25) is 5.95 Å². The first-order valence-electron chi connectivity index (χ1n) is 10.2. The van der Waals surface area contributed by atoms with Gasteiger partial charge in [-0.05, 0) is 36.2 Å². The Hall–Kier alpha value is -3.80. The number of halogens is 2. The average Bonchev–Trinajstić information content (AvgIpc) is 2.83. The molecule has 0 unspecified atom stereocenters. The van der Waals surface area contributed by atoms with Crippen molar-refractivity contribution in [2.45, 2.75) is 13.0 Å². The summed E-state index contributed by atoms with van der Waals surface area (Å²) < 4.78 is 16.3. The zero-order valence-electron chi connectivity index (χ0n) is 17.4. The third-order valence-corrected chi connectivity index (χ3v) is 5.38. The molecule has 9 heteroatoms. The number of hydrogen-bond donors (Lipinski definition) is 2. The van der Waals surface area contributed by atoms with E-state index in [4.69, 9.17) is 22.0 Å². The fraction of sp³-hybridized carbons (Fsp3) is 0.167. The number of aliphatic hydroxyl groups excluding tert-OH is 1. The molecule has 0 radical (unpaired) electrons. The third-order valence-electron chi connectivity index (χ3n) is 5.10. The monoisotopic (exact) mass is 463 g/mol. The maximum Gasteiger partial charge on any atom is 0.274 e. The van der Waals surface area contributed by atoms with Gasteiger partial charge in [0.05, 0.1) is 34.1 Å². The summed E-state index contributed by atoms with van der Waals surface area (Å²) in [5.41, 5.74) is 1.27. The van der Waals surface area contributed by atoms with Crippen LogP contribution >= 0.6 is 11.6 Å². The maximum atomic E-state index is 15.1. The van der Waals surface area contributed by atoms with Crippen LogP contribution in [0.15, 0.2) is 59.4 Å². The topological polar surface area (TPSA) is 104 Å². The molecule has 33 heavy (non-hydrogen) atoms. The summed E-state index contributed by atoms with van der Waals surface area (Å²) in [6.07, 6.45) is 0.466. The second-order valence-corrected chi connectivity index (χ2v) is 7.73. The molecule has 7 nitrogen and oxygen atoms in total. The molecule has 0 aliphatic carbocycles. The van der Waals surface area contributed by atoms with E-state index < -0.39 is 5.95 Å². The Morgan fingerprint density at radius 2 is 1.88 bits per heavy atom. The van der Waals surface area contributed by atoms with Gasteiger partial charge in [-0.25, -0.2) is 9.67 Å². The molecule has 0 bridgehead atoms. The highest BCUT2D eigenvalue weighted by Gasteiger charge is 2.18. The molecule has 4 rings (SSSR count). The van der Waals surface area contributed by atoms with Crippen LogP contribution in [0.1, 0.15) is 17.5 Å². The van der Waals surface area contributed by atoms with Crippen LogP contribution in [0.3, 0.4) is 0 Å². The van der Waals surface area contributed by atoms with Gasteiger partial charge >= 0.3 is 0 Å². The van der Waals surface area contributed by atoms with E-state index in [0.717, 1.165) is 5.56 Å². The highest BCUT2D eigenvalue weighted by Crippen LogP contribution is 2.31. The van der Waals surface area contributed by atoms with E-state index in [1.807, 2.05) is 0 Å². The summed E-state index contributed by atoms with van der Waals surface area (Å²) in [6.45, 7) is 0.520. The van der Waals surface area contributed by atoms with E-state index >= 15 is 4.39 Å². The van der Waals surface area contributed by atoms with Crippen LogP contribution in [-0.2, 0) is 6.54 Å². The molecular weight excluding hydrogens is 445 g/mol. The zero-order valence-corrected chi connectivity index (χ0v) is 18.2. The molecule has 0 saturated carbocycles. The second-order valence-electron chi connectivity index (χ2n) is 7.33. The van der Waals surface area contributed by atoms with Crippen molar-refractivity contribution in [1.82, 2.24) is 14.8 Å². The number of nitrogens with one attached hydrogen (secondary N) is 1. The molecule has 0 aliphatic heterocycles. The Morgan fingerprint density at radius 3 is 2.58 bits per heavy atom.